The molecule has 1 aromatic carbocycles. The number of anilines is 1. The molecule has 1 fully saturated rings. The lowest BCUT2D eigenvalue weighted by Crippen LogP contribution is -2.44. The number of rotatable bonds is 10. The maximum absolute atomic E-state index is 5.91. The first-order valence-corrected chi connectivity index (χ1v) is 9.30. The minimum absolute atomic E-state index is 0.788. The summed E-state index contributed by atoms with van der Waals surface area (Å²) in [6.45, 7) is 12.6. The second-order valence-corrected chi connectivity index (χ2v) is 6.66. The van der Waals surface area contributed by atoms with Crippen LogP contribution in [0.1, 0.15) is 19.8 Å². The first-order valence-electron chi connectivity index (χ1n) is 8.93. The van der Waals surface area contributed by atoms with Gasteiger partial charge in [-0.15, -0.1) is 0 Å². The fourth-order valence-corrected chi connectivity index (χ4v) is 3.16. The summed E-state index contributed by atoms with van der Waals surface area (Å²) in [5.41, 5.74) is 1.15. The predicted octanol–water partition coefficient (Wildman–Crippen LogP) is 2.76. The third-order valence-electron chi connectivity index (χ3n) is 4.30. The Morgan fingerprint density at radius 1 is 1.13 bits per heavy atom. The van der Waals surface area contributed by atoms with Crippen LogP contribution in [-0.2, 0) is 0 Å². The summed E-state index contributed by atoms with van der Waals surface area (Å²) in [6, 6.07) is 7.94. The van der Waals surface area contributed by atoms with E-state index in [1.165, 1.54) is 45.6 Å². The van der Waals surface area contributed by atoms with Crippen molar-refractivity contribution in [3.63, 3.8) is 0 Å². The van der Waals surface area contributed by atoms with Crippen LogP contribution in [0, 0.1) is 0 Å². The molecule has 0 atom stereocenters. The Morgan fingerprint density at radius 2 is 1.87 bits per heavy atom. The number of benzene rings is 1. The predicted molar refractivity (Wildman–Crippen MR) is 101 cm³/mol. The summed E-state index contributed by atoms with van der Waals surface area (Å²) in [5.74, 6) is 0. The van der Waals surface area contributed by atoms with Crippen molar-refractivity contribution < 1.29 is 0 Å². The van der Waals surface area contributed by atoms with Gasteiger partial charge in [-0.05, 0) is 56.7 Å². The normalized spacial score (nSPS) is 16.0. The molecule has 0 amide bonds. The smallest absolute Gasteiger partial charge is 0.0407 e. The molecule has 0 aromatic heterocycles. The summed E-state index contributed by atoms with van der Waals surface area (Å²) in [5, 5.41) is 7.68. The highest BCUT2D eigenvalue weighted by Crippen LogP contribution is 2.13. The van der Waals surface area contributed by atoms with Gasteiger partial charge in [-0.2, -0.15) is 0 Å². The molecule has 0 spiro atoms. The Bertz CT molecular complexity index is 418. The monoisotopic (exact) mass is 338 g/mol. The van der Waals surface area contributed by atoms with E-state index in [-0.39, 0.29) is 0 Å². The fraction of sp³-hybridized carbons (Fsp3) is 0.667. The van der Waals surface area contributed by atoms with Crippen LogP contribution in [0.25, 0.3) is 0 Å². The van der Waals surface area contributed by atoms with Gasteiger partial charge in [-0.25, -0.2) is 0 Å². The molecule has 2 rings (SSSR count). The molecule has 1 aliphatic rings. The van der Waals surface area contributed by atoms with Crippen molar-refractivity contribution >= 4 is 17.3 Å². The van der Waals surface area contributed by atoms with E-state index in [0.29, 0.717) is 0 Å². The van der Waals surface area contributed by atoms with E-state index >= 15 is 0 Å². The summed E-state index contributed by atoms with van der Waals surface area (Å²) in [7, 11) is 0. The number of nitrogens with zero attached hydrogens (tertiary/aromatic N) is 2. The minimum Gasteiger partial charge on any atom is -0.384 e. The summed E-state index contributed by atoms with van der Waals surface area (Å²) in [4.78, 5) is 5.15. The van der Waals surface area contributed by atoms with E-state index in [1.54, 1.807) is 0 Å². The van der Waals surface area contributed by atoms with E-state index in [0.717, 1.165) is 36.9 Å². The van der Waals surface area contributed by atoms with Gasteiger partial charge in [-0.1, -0.05) is 18.5 Å². The highest BCUT2D eigenvalue weighted by molar-refractivity contribution is 6.30. The highest BCUT2D eigenvalue weighted by atomic mass is 35.5. The van der Waals surface area contributed by atoms with Gasteiger partial charge >= 0.3 is 0 Å². The van der Waals surface area contributed by atoms with Crippen LogP contribution in [0.15, 0.2) is 24.3 Å². The van der Waals surface area contributed by atoms with Crippen molar-refractivity contribution in [3.8, 4) is 0 Å². The molecule has 4 nitrogen and oxygen atoms in total. The maximum Gasteiger partial charge on any atom is 0.0407 e. The second-order valence-electron chi connectivity index (χ2n) is 6.22. The van der Waals surface area contributed by atoms with Crippen LogP contribution < -0.4 is 10.6 Å². The SMILES string of the molecule is CCCN(CCCN1CCNCC1)CCNc1ccc(Cl)cc1. The molecule has 1 aromatic rings. The number of halogens is 1. The van der Waals surface area contributed by atoms with Gasteiger partial charge in [0.2, 0.25) is 0 Å². The molecule has 0 unspecified atom stereocenters. The standard InChI is InChI=1S/C18H31ClN4/c1-2-11-22(12-3-13-23-14-8-20-9-15-23)16-10-21-18-6-4-17(19)5-7-18/h4-7,20-21H,2-3,8-16H2,1H3. The highest BCUT2D eigenvalue weighted by Gasteiger charge is 2.10. The lowest BCUT2D eigenvalue weighted by molar-refractivity contribution is 0.212. The topological polar surface area (TPSA) is 30.5 Å². The van der Waals surface area contributed by atoms with E-state index < -0.39 is 0 Å². The van der Waals surface area contributed by atoms with Crippen LogP contribution in [0.3, 0.4) is 0 Å². The van der Waals surface area contributed by atoms with Crippen molar-refractivity contribution in [2.24, 2.45) is 0 Å². The van der Waals surface area contributed by atoms with Crippen molar-refractivity contribution in [2.45, 2.75) is 19.8 Å². The number of piperazine rings is 1. The molecule has 1 heterocycles. The molecule has 0 bridgehead atoms. The zero-order valence-electron chi connectivity index (χ0n) is 14.4. The van der Waals surface area contributed by atoms with Crippen LogP contribution in [0.4, 0.5) is 5.69 Å². The van der Waals surface area contributed by atoms with Crippen molar-refractivity contribution in [3.05, 3.63) is 29.3 Å². The van der Waals surface area contributed by atoms with E-state index in [1.807, 2.05) is 24.3 Å². The van der Waals surface area contributed by atoms with Crippen molar-refractivity contribution in [2.75, 3.05) is 64.2 Å². The van der Waals surface area contributed by atoms with Gasteiger partial charge in [0, 0.05) is 50.0 Å². The Balaban J connectivity index is 1.63. The summed E-state index contributed by atoms with van der Waals surface area (Å²) >= 11 is 5.91. The zero-order chi connectivity index (χ0) is 16.3. The quantitative estimate of drug-likeness (QED) is 0.686. The van der Waals surface area contributed by atoms with Gasteiger partial charge in [0.1, 0.15) is 0 Å². The molecule has 0 saturated carbocycles. The van der Waals surface area contributed by atoms with E-state index in [4.69, 9.17) is 11.6 Å². The van der Waals surface area contributed by atoms with Crippen LogP contribution in [0.2, 0.25) is 5.02 Å². The Kier molecular flexibility index (Phi) is 8.76. The van der Waals surface area contributed by atoms with Gasteiger partial charge < -0.3 is 20.4 Å². The van der Waals surface area contributed by atoms with Gasteiger partial charge in [0.15, 0.2) is 0 Å². The molecule has 5 heteroatoms. The van der Waals surface area contributed by atoms with Crippen LogP contribution in [-0.4, -0.2) is 68.7 Å². The van der Waals surface area contributed by atoms with Gasteiger partial charge in [0.05, 0.1) is 0 Å². The second kappa shape index (κ2) is 10.9. The largest absolute Gasteiger partial charge is 0.384 e. The summed E-state index contributed by atoms with van der Waals surface area (Å²) in [6.07, 6.45) is 2.48. The van der Waals surface area contributed by atoms with Crippen molar-refractivity contribution in [1.82, 2.24) is 15.1 Å². The fourth-order valence-electron chi connectivity index (χ4n) is 3.03. The molecular formula is C18H31ClN4. The lowest BCUT2D eigenvalue weighted by Gasteiger charge is -2.28. The Morgan fingerprint density at radius 3 is 2.57 bits per heavy atom. The maximum atomic E-state index is 5.91. The molecule has 1 aliphatic heterocycles. The number of hydrogen-bond acceptors (Lipinski definition) is 4. The molecular weight excluding hydrogens is 308 g/mol. The Hall–Kier alpha value is -0.810. The minimum atomic E-state index is 0.788. The molecule has 1 saturated heterocycles. The lowest BCUT2D eigenvalue weighted by atomic mass is 10.3. The molecule has 0 aliphatic carbocycles. The number of nitrogens with one attached hydrogen (secondary N) is 2. The summed E-state index contributed by atoms with van der Waals surface area (Å²) < 4.78 is 0. The number of hydrogen-bond donors (Lipinski definition) is 2. The first kappa shape index (κ1) is 18.5. The zero-order valence-corrected chi connectivity index (χ0v) is 15.1. The van der Waals surface area contributed by atoms with Gasteiger partial charge in [-0.3, -0.25) is 0 Å². The Labute approximate surface area is 146 Å². The van der Waals surface area contributed by atoms with Gasteiger partial charge in [0.25, 0.3) is 0 Å². The molecule has 23 heavy (non-hydrogen) atoms. The average molecular weight is 339 g/mol. The third kappa shape index (κ3) is 7.53. The molecule has 0 radical (unpaired) electrons. The average Bonchev–Trinajstić information content (AvgIpc) is 2.58. The van der Waals surface area contributed by atoms with E-state index in [9.17, 15) is 0 Å². The molecule has 130 valence electrons. The third-order valence-corrected chi connectivity index (χ3v) is 4.55. The van der Waals surface area contributed by atoms with E-state index in [2.05, 4.69) is 27.4 Å². The van der Waals surface area contributed by atoms with Crippen LogP contribution >= 0.6 is 11.6 Å². The van der Waals surface area contributed by atoms with Crippen LogP contribution in [0.5, 0.6) is 0 Å². The van der Waals surface area contributed by atoms with Crippen molar-refractivity contribution in [1.29, 1.82) is 0 Å². The first-order chi connectivity index (χ1) is 11.3. The molecule has 2 N–H and O–H groups in total.